The van der Waals surface area contributed by atoms with Gasteiger partial charge < -0.3 is 5.32 Å². The highest BCUT2D eigenvalue weighted by Gasteiger charge is 2.23. The molecule has 1 N–H and O–H groups in total. The predicted octanol–water partition coefficient (Wildman–Crippen LogP) is 2.79. The monoisotopic (exact) mass is 246 g/mol. The van der Waals surface area contributed by atoms with Gasteiger partial charge in [0, 0.05) is 31.7 Å². The zero-order valence-corrected chi connectivity index (χ0v) is 12.4. The number of hydrogen-bond donors (Lipinski definition) is 1. The van der Waals surface area contributed by atoms with Gasteiger partial charge in [-0.3, -0.25) is 4.90 Å². The molecule has 18 heavy (non-hydrogen) atoms. The van der Waals surface area contributed by atoms with Crippen LogP contribution in [0.3, 0.4) is 0 Å². The number of hydrogen-bond acceptors (Lipinski definition) is 2. The van der Waals surface area contributed by atoms with E-state index in [0.29, 0.717) is 12.1 Å². The standard InChI is InChI=1S/C16H26N2/c1-11-6-12(2)16(13(3)7-11)10-18-9-14(4)17-8-15(18)5/h6-7,14-15,17H,8-10H2,1-5H3. The van der Waals surface area contributed by atoms with Crippen molar-refractivity contribution >= 4 is 0 Å². The van der Waals surface area contributed by atoms with Crippen molar-refractivity contribution in [2.24, 2.45) is 0 Å². The van der Waals surface area contributed by atoms with E-state index < -0.39 is 0 Å². The van der Waals surface area contributed by atoms with E-state index in [1.807, 2.05) is 0 Å². The predicted molar refractivity (Wildman–Crippen MR) is 78.0 cm³/mol. The van der Waals surface area contributed by atoms with E-state index in [0.717, 1.165) is 19.6 Å². The lowest BCUT2D eigenvalue weighted by molar-refractivity contribution is 0.138. The zero-order valence-electron chi connectivity index (χ0n) is 12.4. The van der Waals surface area contributed by atoms with Gasteiger partial charge in [-0.25, -0.2) is 0 Å². The largest absolute Gasteiger partial charge is 0.311 e. The SMILES string of the molecule is Cc1cc(C)c(CN2CC(C)NCC2C)c(C)c1. The fraction of sp³-hybridized carbons (Fsp3) is 0.625. The minimum atomic E-state index is 0.604. The van der Waals surface area contributed by atoms with Crippen molar-refractivity contribution in [3.63, 3.8) is 0 Å². The summed E-state index contributed by atoms with van der Waals surface area (Å²) >= 11 is 0. The summed E-state index contributed by atoms with van der Waals surface area (Å²) in [6.07, 6.45) is 0. The van der Waals surface area contributed by atoms with E-state index in [-0.39, 0.29) is 0 Å². The molecule has 1 aromatic rings. The normalized spacial score (nSPS) is 25.4. The Balaban J connectivity index is 2.18. The van der Waals surface area contributed by atoms with E-state index in [9.17, 15) is 0 Å². The van der Waals surface area contributed by atoms with Gasteiger partial charge in [-0.2, -0.15) is 0 Å². The first-order valence-corrected chi connectivity index (χ1v) is 7.01. The zero-order chi connectivity index (χ0) is 13.3. The van der Waals surface area contributed by atoms with Crippen LogP contribution < -0.4 is 5.32 Å². The lowest BCUT2D eigenvalue weighted by Gasteiger charge is -2.38. The lowest BCUT2D eigenvalue weighted by atomic mass is 9.98. The average Bonchev–Trinajstić information content (AvgIpc) is 2.28. The number of nitrogens with one attached hydrogen (secondary N) is 1. The molecule has 0 spiro atoms. The number of piperazine rings is 1. The Labute approximate surface area is 111 Å². The molecule has 0 saturated carbocycles. The molecular weight excluding hydrogens is 220 g/mol. The van der Waals surface area contributed by atoms with Crippen LogP contribution in [0.1, 0.15) is 36.1 Å². The van der Waals surface area contributed by atoms with Gasteiger partial charge in [0.15, 0.2) is 0 Å². The molecule has 2 nitrogen and oxygen atoms in total. The Hall–Kier alpha value is -0.860. The van der Waals surface area contributed by atoms with Crippen LogP contribution in [0.25, 0.3) is 0 Å². The highest BCUT2D eigenvalue weighted by molar-refractivity contribution is 5.37. The van der Waals surface area contributed by atoms with Crippen molar-refractivity contribution in [3.05, 3.63) is 34.4 Å². The second-order valence-corrected chi connectivity index (χ2v) is 5.97. The molecule has 0 aliphatic carbocycles. The van der Waals surface area contributed by atoms with Crippen molar-refractivity contribution in [2.45, 2.75) is 53.2 Å². The smallest absolute Gasteiger partial charge is 0.0243 e. The summed E-state index contributed by atoms with van der Waals surface area (Å²) in [5, 5.41) is 3.54. The third-order valence-corrected chi connectivity index (χ3v) is 4.10. The Morgan fingerprint density at radius 2 is 1.78 bits per heavy atom. The van der Waals surface area contributed by atoms with Crippen molar-refractivity contribution in [2.75, 3.05) is 13.1 Å². The molecule has 0 radical (unpaired) electrons. The van der Waals surface area contributed by atoms with Crippen molar-refractivity contribution in [1.82, 2.24) is 10.2 Å². The number of aryl methyl sites for hydroxylation is 3. The van der Waals surface area contributed by atoms with Gasteiger partial charge in [-0.05, 0) is 51.3 Å². The summed E-state index contributed by atoms with van der Waals surface area (Å²) in [6, 6.07) is 5.84. The summed E-state index contributed by atoms with van der Waals surface area (Å²) in [7, 11) is 0. The first kappa shape index (κ1) is 13.6. The van der Waals surface area contributed by atoms with Gasteiger partial charge >= 0.3 is 0 Å². The number of benzene rings is 1. The van der Waals surface area contributed by atoms with E-state index in [1.54, 1.807) is 0 Å². The maximum atomic E-state index is 3.54. The molecule has 2 rings (SSSR count). The van der Waals surface area contributed by atoms with Crippen LogP contribution in [0, 0.1) is 20.8 Å². The van der Waals surface area contributed by atoms with Crippen LogP contribution in [-0.4, -0.2) is 30.1 Å². The Bertz CT molecular complexity index is 402. The van der Waals surface area contributed by atoms with E-state index in [1.165, 1.54) is 22.3 Å². The molecule has 2 heteroatoms. The maximum absolute atomic E-state index is 3.54. The lowest BCUT2D eigenvalue weighted by Crippen LogP contribution is -2.53. The van der Waals surface area contributed by atoms with E-state index >= 15 is 0 Å². The molecule has 2 unspecified atom stereocenters. The molecule has 1 aliphatic rings. The van der Waals surface area contributed by atoms with Crippen LogP contribution >= 0.6 is 0 Å². The summed E-state index contributed by atoms with van der Waals surface area (Å²) in [5.41, 5.74) is 5.76. The van der Waals surface area contributed by atoms with Crippen LogP contribution in [0.2, 0.25) is 0 Å². The van der Waals surface area contributed by atoms with Gasteiger partial charge in [0.25, 0.3) is 0 Å². The van der Waals surface area contributed by atoms with Crippen LogP contribution in [0.15, 0.2) is 12.1 Å². The molecule has 0 amide bonds. The second-order valence-electron chi connectivity index (χ2n) is 5.97. The molecule has 100 valence electrons. The second kappa shape index (κ2) is 5.41. The Morgan fingerprint density at radius 1 is 1.17 bits per heavy atom. The van der Waals surface area contributed by atoms with Gasteiger partial charge in [-0.15, -0.1) is 0 Å². The average molecular weight is 246 g/mol. The summed E-state index contributed by atoms with van der Waals surface area (Å²) in [5.74, 6) is 0. The number of nitrogens with zero attached hydrogens (tertiary/aromatic N) is 1. The first-order chi connectivity index (χ1) is 8.47. The molecule has 0 aromatic heterocycles. The van der Waals surface area contributed by atoms with Gasteiger partial charge in [-0.1, -0.05) is 17.7 Å². The fourth-order valence-electron chi connectivity index (χ4n) is 2.98. The molecule has 1 aliphatic heterocycles. The summed E-state index contributed by atoms with van der Waals surface area (Å²) in [4.78, 5) is 2.60. The highest BCUT2D eigenvalue weighted by Crippen LogP contribution is 2.20. The quantitative estimate of drug-likeness (QED) is 0.863. The van der Waals surface area contributed by atoms with Gasteiger partial charge in [0.2, 0.25) is 0 Å². The molecule has 1 fully saturated rings. The molecular formula is C16H26N2. The third kappa shape index (κ3) is 2.93. The first-order valence-electron chi connectivity index (χ1n) is 7.01. The third-order valence-electron chi connectivity index (χ3n) is 4.10. The molecule has 0 bridgehead atoms. The summed E-state index contributed by atoms with van der Waals surface area (Å²) in [6.45, 7) is 14.6. The van der Waals surface area contributed by atoms with Gasteiger partial charge in [0.05, 0.1) is 0 Å². The Kier molecular flexibility index (Phi) is 4.08. The highest BCUT2D eigenvalue weighted by atomic mass is 15.2. The van der Waals surface area contributed by atoms with Gasteiger partial charge in [0.1, 0.15) is 0 Å². The number of rotatable bonds is 2. The fourth-order valence-corrected chi connectivity index (χ4v) is 2.98. The minimum absolute atomic E-state index is 0.604. The molecule has 1 heterocycles. The maximum Gasteiger partial charge on any atom is 0.0243 e. The van der Waals surface area contributed by atoms with E-state index in [2.05, 4.69) is 57.0 Å². The van der Waals surface area contributed by atoms with Crippen molar-refractivity contribution < 1.29 is 0 Å². The van der Waals surface area contributed by atoms with Crippen LogP contribution in [0.4, 0.5) is 0 Å². The summed E-state index contributed by atoms with van der Waals surface area (Å²) < 4.78 is 0. The van der Waals surface area contributed by atoms with E-state index in [4.69, 9.17) is 0 Å². The molecule has 1 saturated heterocycles. The van der Waals surface area contributed by atoms with Crippen LogP contribution in [0.5, 0.6) is 0 Å². The van der Waals surface area contributed by atoms with Crippen LogP contribution in [-0.2, 0) is 6.54 Å². The van der Waals surface area contributed by atoms with Crippen molar-refractivity contribution in [3.8, 4) is 0 Å². The van der Waals surface area contributed by atoms with Crippen molar-refractivity contribution in [1.29, 1.82) is 0 Å². The topological polar surface area (TPSA) is 15.3 Å². The molecule has 2 atom stereocenters. The minimum Gasteiger partial charge on any atom is -0.311 e. The Morgan fingerprint density at radius 3 is 2.39 bits per heavy atom. The molecule has 1 aromatic carbocycles.